The van der Waals surface area contributed by atoms with Crippen LogP contribution in [0.1, 0.15) is 11.1 Å². The summed E-state index contributed by atoms with van der Waals surface area (Å²) in [5, 5.41) is 0.716. The van der Waals surface area contributed by atoms with E-state index in [0.717, 1.165) is 38.8 Å². The Morgan fingerprint density at radius 3 is 2.21 bits per heavy atom. The molecule has 0 aromatic heterocycles. The molecule has 128 valence electrons. The van der Waals surface area contributed by atoms with Crippen LogP contribution in [-0.4, -0.2) is 31.1 Å². The molecule has 24 heavy (non-hydrogen) atoms. The van der Waals surface area contributed by atoms with Gasteiger partial charge in [-0.2, -0.15) is 13.2 Å². The molecule has 0 N–H and O–H groups in total. The molecule has 0 aliphatic carbocycles. The van der Waals surface area contributed by atoms with Crippen LogP contribution in [0, 0.1) is 0 Å². The number of piperazine rings is 1. The first-order valence-corrected chi connectivity index (χ1v) is 8.18. The zero-order chi connectivity index (χ0) is 17.2. The number of rotatable bonds is 3. The molecule has 0 spiro atoms. The topological polar surface area (TPSA) is 6.48 Å². The zero-order valence-corrected chi connectivity index (χ0v) is 13.8. The van der Waals surface area contributed by atoms with E-state index in [9.17, 15) is 13.2 Å². The highest BCUT2D eigenvalue weighted by Crippen LogP contribution is 2.31. The molecule has 2 aromatic carbocycles. The van der Waals surface area contributed by atoms with Gasteiger partial charge in [-0.1, -0.05) is 29.8 Å². The summed E-state index contributed by atoms with van der Waals surface area (Å²) >= 11 is 5.89. The maximum atomic E-state index is 12.8. The minimum Gasteiger partial charge on any atom is -0.369 e. The molecular weight excluding hydrogens is 337 g/mol. The number of nitrogens with zero attached hydrogens (tertiary/aromatic N) is 2. The molecule has 1 fully saturated rings. The Morgan fingerprint density at radius 2 is 1.58 bits per heavy atom. The highest BCUT2D eigenvalue weighted by Gasteiger charge is 2.31. The van der Waals surface area contributed by atoms with Crippen molar-refractivity contribution in [2.24, 2.45) is 0 Å². The van der Waals surface area contributed by atoms with Crippen molar-refractivity contribution in [1.82, 2.24) is 4.90 Å². The van der Waals surface area contributed by atoms with Gasteiger partial charge < -0.3 is 4.90 Å². The lowest BCUT2D eigenvalue weighted by Gasteiger charge is -2.36. The fourth-order valence-corrected chi connectivity index (χ4v) is 3.02. The van der Waals surface area contributed by atoms with Gasteiger partial charge in [-0.15, -0.1) is 0 Å². The molecule has 3 rings (SSSR count). The van der Waals surface area contributed by atoms with E-state index in [1.165, 1.54) is 17.7 Å². The number of hydrogen-bond donors (Lipinski definition) is 0. The Balaban J connectivity index is 1.60. The predicted octanol–water partition coefficient (Wildman–Crippen LogP) is 4.68. The van der Waals surface area contributed by atoms with Crippen LogP contribution in [0.4, 0.5) is 18.9 Å². The van der Waals surface area contributed by atoms with Crippen LogP contribution in [-0.2, 0) is 12.7 Å². The van der Waals surface area contributed by atoms with Crippen molar-refractivity contribution in [3.05, 3.63) is 64.7 Å². The van der Waals surface area contributed by atoms with Gasteiger partial charge in [0.05, 0.1) is 5.56 Å². The van der Waals surface area contributed by atoms with Crippen molar-refractivity contribution in [1.29, 1.82) is 0 Å². The quantitative estimate of drug-likeness (QED) is 0.789. The number of halogens is 4. The molecule has 0 amide bonds. The fraction of sp³-hybridized carbons (Fsp3) is 0.333. The van der Waals surface area contributed by atoms with Crippen LogP contribution < -0.4 is 4.90 Å². The lowest BCUT2D eigenvalue weighted by Crippen LogP contribution is -2.46. The minimum absolute atomic E-state index is 0.594. The van der Waals surface area contributed by atoms with Gasteiger partial charge in [0.15, 0.2) is 0 Å². The van der Waals surface area contributed by atoms with Crippen LogP contribution in [0.25, 0.3) is 0 Å². The third kappa shape index (κ3) is 4.22. The zero-order valence-electron chi connectivity index (χ0n) is 13.1. The van der Waals surface area contributed by atoms with E-state index in [0.29, 0.717) is 10.7 Å². The molecule has 2 nitrogen and oxygen atoms in total. The molecule has 0 atom stereocenters. The minimum atomic E-state index is -4.30. The van der Waals surface area contributed by atoms with Crippen molar-refractivity contribution in [2.45, 2.75) is 12.7 Å². The van der Waals surface area contributed by atoms with Gasteiger partial charge in [0.25, 0.3) is 0 Å². The van der Waals surface area contributed by atoms with Crippen molar-refractivity contribution in [3.8, 4) is 0 Å². The second-order valence-electron chi connectivity index (χ2n) is 5.94. The molecule has 1 heterocycles. The first-order valence-electron chi connectivity index (χ1n) is 7.81. The molecule has 1 saturated heterocycles. The molecule has 0 unspecified atom stereocenters. The van der Waals surface area contributed by atoms with Gasteiger partial charge >= 0.3 is 6.18 Å². The monoisotopic (exact) mass is 354 g/mol. The summed E-state index contributed by atoms with van der Waals surface area (Å²) in [4.78, 5) is 4.31. The molecule has 0 saturated carbocycles. The summed E-state index contributed by atoms with van der Waals surface area (Å²) in [6, 6.07) is 13.3. The Labute approximate surface area is 144 Å². The maximum absolute atomic E-state index is 12.8. The van der Waals surface area contributed by atoms with E-state index < -0.39 is 11.7 Å². The molecule has 0 radical (unpaired) electrons. The fourth-order valence-electron chi connectivity index (χ4n) is 2.89. The van der Waals surface area contributed by atoms with Crippen molar-refractivity contribution in [2.75, 3.05) is 31.1 Å². The highest BCUT2D eigenvalue weighted by atomic mass is 35.5. The van der Waals surface area contributed by atoms with Crippen LogP contribution in [0.15, 0.2) is 48.5 Å². The van der Waals surface area contributed by atoms with E-state index in [1.807, 2.05) is 29.2 Å². The second kappa shape index (κ2) is 7.03. The van der Waals surface area contributed by atoms with E-state index in [1.54, 1.807) is 6.07 Å². The van der Waals surface area contributed by atoms with E-state index in [2.05, 4.69) is 4.90 Å². The Morgan fingerprint density at radius 1 is 0.917 bits per heavy atom. The largest absolute Gasteiger partial charge is 0.416 e. The summed E-state index contributed by atoms with van der Waals surface area (Å²) in [5.74, 6) is 0. The molecule has 1 aliphatic rings. The highest BCUT2D eigenvalue weighted by molar-refractivity contribution is 6.30. The third-order valence-corrected chi connectivity index (χ3v) is 4.48. The number of hydrogen-bond acceptors (Lipinski definition) is 2. The smallest absolute Gasteiger partial charge is 0.369 e. The number of benzene rings is 2. The van der Waals surface area contributed by atoms with Crippen LogP contribution in [0.3, 0.4) is 0 Å². The molecule has 1 aliphatic heterocycles. The van der Waals surface area contributed by atoms with Gasteiger partial charge in [-0.3, -0.25) is 4.90 Å². The Bertz CT molecular complexity index is 677. The van der Waals surface area contributed by atoms with Crippen LogP contribution in [0.2, 0.25) is 5.02 Å². The first-order chi connectivity index (χ1) is 11.4. The maximum Gasteiger partial charge on any atom is 0.416 e. The Kier molecular flexibility index (Phi) is 5.01. The van der Waals surface area contributed by atoms with E-state index in [4.69, 9.17) is 11.6 Å². The van der Waals surface area contributed by atoms with Crippen molar-refractivity contribution < 1.29 is 13.2 Å². The Hall–Kier alpha value is -1.72. The molecule has 2 aromatic rings. The van der Waals surface area contributed by atoms with Gasteiger partial charge in [-0.25, -0.2) is 0 Å². The van der Waals surface area contributed by atoms with Gasteiger partial charge in [0, 0.05) is 43.4 Å². The van der Waals surface area contributed by atoms with Gasteiger partial charge in [-0.05, 0) is 35.9 Å². The van der Waals surface area contributed by atoms with Crippen LogP contribution >= 0.6 is 11.6 Å². The van der Waals surface area contributed by atoms with Crippen molar-refractivity contribution in [3.63, 3.8) is 0 Å². The predicted molar refractivity (Wildman–Crippen MR) is 90.4 cm³/mol. The SMILES string of the molecule is FC(F)(F)c1cccc(N2CCN(Cc3ccc(Cl)cc3)CC2)c1. The summed E-state index contributed by atoms with van der Waals surface area (Å²) in [7, 11) is 0. The van der Waals surface area contributed by atoms with Gasteiger partial charge in [0.2, 0.25) is 0 Å². The number of anilines is 1. The van der Waals surface area contributed by atoms with E-state index >= 15 is 0 Å². The van der Waals surface area contributed by atoms with Gasteiger partial charge in [0.1, 0.15) is 0 Å². The second-order valence-corrected chi connectivity index (χ2v) is 6.37. The third-order valence-electron chi connectivity index (χ3n) is 4.23. The van der Waals surface area contributed by atoms with E-state index in [-0.39, 0.29) is 0 Å². The number of alkyl halides is 3. The van der Waals surface area contributed by atoms with Crippen molar-refractivity contribution >= 4 is 17.3 Å². The normalized spacial score (nSPS) is 16.4. The first kappa shape index (κ1) is 17.1. The standard InChI is InChI=1S/C18H18ClF3N2/c19-16-6-4-14(5-7-16)13-23-8-10-24(11-9-23)17-3-1-2-15(12-17)18(20,21)22/h1-7,12H,8-11,13H2. The average molecular weight is 355 g/mol. The summed E-state index contributed by atoms with van der Waals surface area (Å²) in [6.45, 7) is 3.90. The molecular formula is C18H18ClF3N2. The lowest BCUT2D eigenvalue weighted by atomic mass is 10.1. The molecule has 0 bridgehead atoms. The summed E-state index contributed by atoms with van der Waals surface area (Å²) in [5.41, 5.74) is 1.23. The van der Waals surface area contributed by atoms with Crippen LogP contribution in [0.5, 0.6) is 0 Å². The summed E-state index contributed by atoms with van der Waals surface area (Å²) < 4.78 is 38.5. The average Bonchev–Trinajstić information content (AvgIpc) is 2.57. The summed E-state index contributed by atoms with van der Waals surface area (Å²) in [6.07, 6.45) is -4.30. The molecule has 6 heteroatoms. The lowest BCUT2D eigenvalue weighted by molar-refractivity contribution is -0.137.